The first-order valence-electron chi connectivity index (χ1n) is 6.89. The molecule has 7 heteroatoms. The Balaban J connectivity index is 1.87. The minimum Gasteiger partial charge on any atom is -0.306 e. The van der Waals surface area contributed by atoms with E-state index in [1.165, 1.54) is 16.9 Å². The fourth-order valence-electron chi connectivity index (χ4n) is 2.14. The van der Waals surface area contributed by atoms with Gasteiger partial charge in [-0.15, -0.1) is 0 Å². The molecule has 3 aromatic rings. The van der Waals surface area contributed by atoms with Gasteiger partial charge in [-0.05, 0) is 36.4 Å². The molecule has 0 aliphatic carbocycles. The molecule has 3 rings (SSSR count). The zero-order chi connectivity index (χ0) is 17.1. The summed E-state index contributed by atoms with van der Waals surface area (Å²) in [5.41, 5.74) is 0.836. The molecule has 0 unspecified atom stereocenters. The molecule has 0 radical (unpaired) electrons. The van der Waals surface area contributed by atoms with Crippen molar-refractivity contribution in [3.05, 3.63) is 77.5 Å². The molecule has 118 valence electrons. The molecular formula is C17H10F2N4O. The van der Waals surface area contributed by atoms with E-state index < -0.39 is 17.5 Å². The lowest BCUT2D eigenvalue weighted by atomic mass is 10.2. The van der Waals surface area contributed by atoms with Crippen LogP contribution < -0.4 is 5.32 Å². The van der Waals surface area contributed by atoms with Crippen molar-refractivity contribution in [2.24, 2.45) is 0 Å². The standard InChI is InChI=1S/C17H10F2N4O/c18-12-3-6-14(15(19)9-12)17(24)22-16-7-8-21-23(16)13-4-1-11(10-20)2-5-13/h1-9H,(H,22,24). The topological polar surface area (TPSA) is 70.7 Å². The predicted octanol–water partition coefficient (Wildman–Crippen LogP) is 3.27. The molecule has 1 N–H and O–H groups in total. The lowest BCUT2D eigenvalue weighted by Gasteiger charge is -2.09. The van der Waals surface area contributed by atoms with E-state index in [0.717, 1.165) is 12.1 Å². The lowest BCUT2D eigenvalue weighted by molar-refractivity contribution is 0.102. The molecule has 0 spiro atoms. The van der Waals surface area contributed by atoms with E-state index in [0.29, 0.717) is 23.1 Å². The van der Waals surface area contributed by atoms with Crippen LogP contribution >= 0.6 is 0 Å². The number of amides is 1. The number of rotatable bonds is 3. The van der Waals surface area contributed by atoms with Gasteiger partial charge in [0.2, 0.25) is 0 Å². The van der Waals surface area contributed by atoms with Gasteiger partial charge >= 0.3 is 0 Å². The highest BCUT2D eigenvalue weighted by Gasteiger charge is 2.15. The molecule has 0 aliphatic heterocycles. The maximum absolute atomic E-state index is 13.7. The quantitative estimate of drug-likeness (QED) is 0.804. The van der Waals surface area contributed by atoms with Crippen LogP contribution in [0.3, 0.4) is 0 Å². The van der Waals surface area contributed by atoms with Crippen molar-refractivity contribution in [1.82, 2.24) is 9.78 Å². The van der Waals surface area contributed by atoms with Gasteiger partial charge in [0.15, 0.2) is 0 Å². The minimum absolute atomic E-state index is 0.274. The number of hydrogen-bond donors (Lipinski definition) is 1. The number of nitrogens with zero attached hydrogens (tertiary/aromatic N) is 3. The number of benzene rings is 2. The van der Waals surface area contributed by atoms with Crippen LogP contribution in [0.15, 0.2) is 54.7 Å². The third-order valence-electron chi connectivity index (χ3n) is 3.30. The Labute approximate surface area is 135 Å². The number of halogens is 2. The minimum atomic E-state index is -0.947. The Kier molecular flexibility index (Phi) is 4.03. The van der Waals surface area contributed by atoms with Crippen LogP contribution in [0.2, 0.25) is 0 Å². The molecule has 0 atom stereocenters. The molecule has 5 nitrogen and oxygen atoms in total. The number of aromatic nitrogens is 2. The van der Waals surface area contributed by atoms with E-state index in [4.69, 9.17) is 5.26 Å². The number of nitriles is 1. The Morgan fingerprint density at radius 1 is 1.12 bits per heavy atom. The largest absolute Gasteiger partial charge is 0.306 e. The summed E-state index contributed by atoms with van der Waals surface area (Å²) in [6.07, 6.45) is 1.47. The summed E-state index contributed by atoms with van der Waals surface area (Å²) in [5.74, 6) is -2.11. The van der Waals surface area contributed by atoms with Crippen LogP contribution in [0.25, 0.3) is 5.69 Å². The summed E-state index contributed by atoms with van der Waals surface area (Å²) >= 11 is 0. The van der Waals surface area contributed by atoms with Gasteiger partial charge in [-0.3, -0.25) is 4.79 Å². The summed E-state index contributed by atoms with van der Waals surface area (Å²) < 4.78 is 28.0. The molecule has 0 bridgehead atoms. The van der Waals surface area contributed by atoms with E-state index in [-0.39, 0.29) is 5.56 Å². The summed E-state index contributed by atoms with van der Waals surface area (Å²) in [4.78, 5) is 12.2. The maximum Gasteiger partial charge on any atom is 0.259 e. The second-order valence-electron chi connectivity index (χ2n) is 4.87. The normalized spacial score (nSPS) is 10.2. The van der Waals surface area contributed by atoms with E-state index in [2.05, 4.69) is 10.4 Å². The van der Waals surface area contributed by atoms with E-state index in [9.17, 15) is 13.6 Å². The first-order chi connectivity index (χ1) is 11.6. The van der Waals surface area contributed by atoms with Crippen LogP contribution in [0.4, 0.5) is 14.6 Å². The monoisotopic (exact) mass is 324 g/mol. The molecule has 1 heterocycles. The van der Waals surface area contributed by atoms with Crippen LogP contribution in [-0.2, 0) is 0 Å². The number of carbonyl (C=O) groups excluding carboxylic acids is 1. The number of hydrogen-bond acceptors (Lipinski definition) is 3. The molecule has 0 aliphatic rings. The SMILES string of the molecule is N#Cc1ccc(-n2nccc2NC(=O)c2ccc(F)cc2F)cc1. The summed E-state index contributed by atoms with van der Waals surface area (Å²) in [5, 5.41) is 15.4. The van der Waals surface area contributed by atoms with Crippen molar-refractivity contribution < 1.29 is 13.6 Å². The Hall–Kier alpha value is -3.53. The van der Waals surface area contributed by atoms with Crippen LogP contribution in [0, 0.1) is 23.0 Å². The lowest BCUT2D eigenvalue weighted by Crippen LogP contribution is -2.16. The Bertz CT molecular complexity index is 942. The second-order valence-corrected chi connectivity index (χ2v) is 4.87. The molecule has 2 aromatic carbocycles. The van der Waals surface area contributed by atoms with Gasteiger partial charge in [-0.25, -0.2) is 13.5 Å². The molecule has 1 amide bonds. The van der Waals surface area contributed by atoms with Crippen LogP contribution in [-0.4, -0.2) is 15.7 Å². The average Bonchev–Trinajstić information content (AvgIpc) is 3.03. The second kappa shape index (κ2) is 6.30. The van der Waals surface area contributed by atoms with Crippen LogP contribution in [0.1, 0.15) is 15.9 Å². The van der Waals surface area contributed by atoms with Crippen molar-refractivity contribution in [3.63, 3.8) is 0 Å². The molecule has 0 saturated carbocycles. The fraction of sp³-hybridized carbons (Fsp3) is 0. The Morgan fingerprint density at radius 3 is 2.54 bits per heavy atom. The van der Waals surface area contributed by atoms with Gasteiger partial charge in [0.25, 0.3) is 5.91 Å². The molecular weight excluding hydrogens is 314 g/mol. The number of nitrogens with one attached hydrogen (secondary N) is 1. The number of anilines is 1. The number of carbonyl (C=O) groups is 1. The molecule has 24 heavy (non-hydrogen) atoms. The third kappa shape index (κ3) is 2.98. The maximum atomic E-state index is 13.7. The van der Waals surface area contributed by atoms with Crippen molar-refractivity contribution in [2.45, 2.75) is 0 Å². The van der Waals surface area contributed by atoms with Crippen molar-refractivity contribution >= 4 is 11.7 Å². The van der Waals surface area contributed by atoms with Gasteiger partial charge in [-0.2, -0.15) is 10.4 Å². The Morgan fingerprint density at radius 2 is 1.88 bits per heavy atom. The smallest absolute Gasteiger partial charge is 0.259 e. The summed E-state index contributed by atoms with van der Waals surface area (Å²) in [6.45, 7) is 0. The summed E-state index contributed by atoms with van der Waals surface area (Å²) in [7, 11) is 0. The van der Waals surface area contributed by atoms with Gasteiger partial charge in [0.05, 0.1) is 29.1 Å². The first-order valence-corrected chi connectivity index (χ1v) is 6.89. The van der Waals surface area contributed by atoms with E-state index in [1.54, 1.807) is 24.3 Å². The van der Waals surface area contributed by atoms with Gasteiger partial charge in [0, 0.05) is 12.1 Å². The average molecular weight is 324 g/mol. The van der Waals surface area contributed by atoms with Crippen molar-refractivity contribution in [1.29, 1.82) is 5.26 Å². The van der Waals surface area contributed by atoms with Gasteiger partial charge in [-0.1, -0.05) is 0 Å². The highest BCUT2D eigenvalue weighted by molar-refractivity contribution is 6.04. The third-order valence-corrected chi connectivity index (χ3v) is 3.30. The van der Waals surface area contributed by atoms with Gasteiger partial charge in [0.1, 0.15) is 17.5 Å². The molecule has 1 aromatic heterocycles. The van der Waals surface area contributed by atoms with E-state index >= 15 is 0 Å². The summed E-state index contributed by atoms with van der Waals surface area (Å²) in [6, 6.07) is 12.8. The fourth-order valence-corrected chi connectivity index (χ4v) is 2.14. The highest BCUT2D eigenvalue weighted by atomic mass is 19.1. The first kappa shape index (κ1) is 15.4. The van der Waals surface area contributed by atoms with Gasteiger partial charge < -0.3 is 5.32 Å². The zero-order valence-electron chi connectivity index (χ0n) is 12.2. The molecule has 0 fully saturated rings. The van der Waals surface area contributed by atoms with Crippen molar-refractivity contribution in [3.8, 4) is 11.8 Å². The predicted molar refractivity (Wildman–Crippen MR) is 82.6 cm³/mol. The zero-order valence-corrected chi connectivity index (χ0v) is 12.2. The highest BCUT2D eigenvalue weighted by Crippen LogP contribution is 2.17. The van der Waals surface area contributed by atoms with E-state index in [1.807, 2.05) is 6.07 Å². The molecule has 0 saturated heterocycles. The van der Waals surface area contributed by atoms with Crippen molar-refractivity contribution in [2.75, 3.05) is 5.32 Å². The van der Waals surface area contributed by atoms with Crippen LogP contribution in [0.5, 0.6) is 0 Å².